The zero-order chi connectivity index (χ0) is 17.1. The molecule has 24 heavy (non-hydrogen) atoms. The summed E-state index contributed by atoms with van der Waals surface area (Å²) in [5.41, 5.74) is 4.42. The summed E-state index contributed by atoms with van der Waals surface area (Å²) in [6.07, 6.45) is 2.76. The van der Waals surface area contributed by atoms with E-state index < -0.39 is 0 Å². The minimum atomic E-state index is -0.216. The molecule has 124 valence electrons. The highest BCUT2D eigenvalue weighted by Gasteiger charge is 2.11. The largest absolute Gasteiger partial charge is 0.321 e. The molecule has 1 aromatic carbocycles. The highest BCUT2D eigenvalue weighted by Crippen LogP contribution is 2.11. The Morgan fingerprint density at radius 1 is 1.12 bits per heavy atom. The van der Waals surface area contributed by atoms with E-state index in [-0.39, 0.29) is 5.91 Å². The molecular formula is C18H21N5O. The van der Waals surface area contributed by atoms with E-state index in [1.807, 2.05) is 48.9 Å². The van der Waals surface area contributed by atoms with E-state index >= 15 is 0 Å². The van der Waals surface area contributed by atoms with Gasteiger partial charge in [-0.05, 0) is 50.1 Å². The van der Waals surface area contributed by atoms with Crippen LogP contribution in [0.4, 0.5) is 5.69 Å². The standard InChI is InChI=1S/C18H21N5O/c1-4-15-5-7-16(8-6-15)19-18(24)17-9-10-22(21-17)12-23-14(3)11-13(2)20-23/h5-11H,4,12H2,1-3H3,(H,19,24). The first-order chi connectivity index (χ1) is 11.5. The number of carbonyl (C=O) groups is 1. The van der Waals surface area contributed by atoms with Crippen molar-refractivity contribution in [3.8, 4) is 0 Å². The van der Waals surface area contributed by atoms with E-state index in [0.29, 0.717) is 12.4 Å². The summed E-state index contributed by atoms with van der Waals surface area (Å²) in [5.74, 6) is -0.216. The fourth-order valence-corrected chi connectivity index (χ4v) is 2.54. The van der Waals surface area contributed by atoms with E-state index in [4.69, 9.17) is 0 Å². The van der Waals surface area contributed by atoms with Gasteiger partial charge in [-0.25, -0.2) is 4.68 Å². The van der Waals surface area contributed by atoms with E-state index in [0.717, 1.165) is 23.5 Å². The van der Waals surface area contributed by atoms with Crippen LogP contribution in [0.2, 0.25) is 0 Å². The summed E-state index contributed by atoms with van der Waals surface area (Å²) in [6, 6.07) is 11.6. The van der Waals surface area contributed by atoms with Crippen LogP contribution >= 0.6 is 0 Å². The smallest absolute Gasteiger partial charge is 0.276 e. The predicted molar refractivity (Wildman–Crippen MR) is 93.1 cm³/mol. The summed E-state index contributed by atoms with van der Waals surface area (Å²) in [7, 11) is 0. The van der Waals surface area contributed by atoms with Crippen LogP contribution in [0, 0.1) is 13.8 Å². The molecule has 0 atom stereocenters. The van der Waals surface area contributed by atoms with Gasteiger partial charge in [-0.3, -0.25) is 9.48 Å². The monoisotopic (exact) mass is 323 g/mol. The lowest BCUT2D eigenvalue weighted by Gasteiger charge is -2.05. The molecule has 3 aromatic rings. The van der Waals surface area contributed by atoms with Crippen molar-refractivity contribution in [2.75, 3.05) is 5.32 Å². The Bertz CT molecular complexity index is 845. The summed E-state index contributed by atoms with van der Waals surface area (Å²) in [5, 5.41) is 11.6. The number of aromatic nitrogens is 4. The molecule has 1 N–H and O–H groups in total. The van der Waals surface area contributed by atoms with E-state index in [2.05, 4.69) is 22.4 Å². The summed E-state index contributed by atoms with van der Waals surface area (Å²) >= 11 is 0. The molecule has 0 aliphatic rings. The van der Waals surface area contributed by atoms with E-state index in [1.54, 1.807) is 16.9 Å². The Kier molecular flexibility index (Phi) is 4.46. The average molecular weight is 323 g/mol. The predicted octanol–water partition coefficient (Wildman–Crippen LogP) is 3.02. The molecule has 0 fully saturated rings. The first-order valence-corrected chi connectivity index (χ1v) is 8.00. The molecule has 6 heteroatoms. The zero-order valence-electron chi connectivity index (χ0n) is 14.2. The maximum atomic E-state index is 12.3. The number of hydrogen-bond acceptors (Lipinski definition) is 3. The minimum Gasteiger partial charge on any atom is -0.321 e. The molecular weight excluding hydrogens is 302 g/mol. The Labute approximate surface area is 141 Å². The van der Waals surface area contributed by atoms with Gasteiger partial charge in [-0.1, -0.05) is 19.1 Å². The summed E-state index contributed by atoms with van der Waals surface area (Å²) < 4.78 is 3.56. The highest BCUT2D eigenvalue weighted by atomic mass is 16.1. The second-order valence-electron chi connectivity index (χ2n) is 5.81. The van der Waals surface area contributed by atoms with Crippen molar-refractivity contribution < 1.29 is 4.79 Å². The zero-order valence-corrected chi connectivity index (χ0v) is 14.2. The maximum absolute atomic E-state index is 12.3. The number of aryl methyl sites for hydroxylation is 3. The molecule has 2 heterocycles. The van der Waals surface area contributed by atoms with Gasteiger partial charge < -0.3 is 5.32 Å². The first kappa shape index (κ1) is 16.0. The lowest BCUT2D eigenvalue weighted by Crippen LogP contribution is -2.15. The average Bonchev–Trinajstić information content (AvgIpc) is 3.15. The van der Waals surface area contributed by atoms with Crippen LogP contribution in [0.5, 0.6) is 0 Å². The molecule has 0 aliphatic heterocycles. The third-order valence-corrected chi connectivity index (χ3v) is 3.88. The van der Waals surface area contributed by atoms with Crippen LogP contribution in [-0.4, -0.2) is 25.5 Å². The lowest BCUT2D eigenvalue weighted by molar-refractivity contribution is 0.102. The number of amides is 1. The van der Waals surface area contributed by atoms with Crippen LogP contribution in [0.15, 0.2) is 42.6 Å². The van der Waals surface area contributed by atoms with Crippen LogP contribution in [0.3, 0.4) is 0 Å². The minimum absolute atomic E-state index is 0.216. The number of benzene rings is 1. The second kappa shape index (κ2) is 6.70. The van der Waals surface area contributed by atoms with Gasteiger partial charge in [0, 0.05) is 17.6 Å². The molecule has 0 radical (unpaired) electrons. The molecule has 0 bridgehead atoms. The first-order valence-electron chi connectivity index (χ1n) is 8.00. The molecule has 1 amide bonds. The van der Waals surface area contributed by atoms with Crippen LogP contribution in [0.25, 0.3) is 0 Å². The fourth-order valence-electron chi connectivity index (χ4n) is 2.54. The molecule has 0 unspecified atom stereocenters. The number of nitrogens with one attached hydrogen (secondary N) is 1. The van der Waals surface area contributed by atoms with Gasteiger partial charge >= 0.3 is 0 Å². The van der Waals surface area contributed by atoms with Gasteiger partial charge in [0.05, 0.1) is 5.69 Å². The molecule has 3 rings (SSSR count). The number of rotatable bonds is 5. The van der Waals surface area contributed by atoms with Crippen molar-refractivity contribution in [2.45, 2.75) is 33.9 Å². The topological polar surface area (TPSA) is 64.7 Å². The quantitative estimate of drug-likeness (QED) is 0.785. The van der Waals surface area contributed by atoms with Gasteiger partial charge in [0.2, 0.25) is 0 Å². The Morgan fingerprint density at radius 3 is 2.50 bits per heavy atom. The number of carbonyl (C=O) groups excluding carboxylic acids is 1. The Morgan fingerprint density at radius 2 is 1.88 bits per heavy atom. The summed E-state index contributed by atoms with van der Waals surface area (Å²) in [4.78, 5) is 12.3. The summed E-state index contributed by atoms with van der Waals surface area (Å²) in [6.45, 7) is 6.54. The molecule has 0 aliphatic carbocycles. The van der Waals surface area contributed by atoms with Crippen molar-refractivity contribution in [1.29, 1.82) is 0 Å². The SMILES string of the molecule is CCc1ccc(NC(=O)c2ccn(Cn3nc(C)cc3C)n2)cc1. The lowest BCUT2D eigenvalue weighted by atomic mass is 10.1. The van der Waals surface area contributed by atoms with Gasteiger partial charge in [0.1, 0.15) is 6.67 Å². The van der Waals surface area contributed by atoms with Crippen LogP contribution in [0.1, 0.15) is 34.4 Å². The number of anilines is 1. The van der Waals surface area contributed by atoms with Crippen LogP contribution in [-0.2, 0) is 13.1 Å². The molecule has 0 spiro atoms. The van der Waals surface area contributed by atoms with E-state index in [1.165, 1.54) is 5.56 Å². The second-order valence-corrected chi connectivity index (χ2v) is 5.81. The number of nitrogens with zero attached hydrogens (tertiary/aromatic N) is 4. The number of hydrogen-bond donors (Lipinski definition) is 1. The van der Waals surface area contributed by atoms with Gasteiger partial charge in [0.25, 0.3) is 5.91 Å². The molecule has 0 saturated carbocycles. The molecule has 6 nitrogen and oxygen atoms in total. The van der Waals surface area contributed by atoms with Crippen molar-refractivity contribution >= 4 is 11.6 Å². The van der Waals surface area contributed by atoms with Crippen LogP contribution < -0.4 is 5.32 Å². The normalized spacial score (nSPS) is 10.8. The third-order valence-electron chi connectivity index (χ3n) is 3.88. The Hall–Kier alpha value is -2.89. The van der Waals surface area contributed by atoms with Crippen molar-refractivity contribution in [2.24, 2.45) is 0 Å². The fraction of sp³-hybridized carbons (Fsp3) is 0.278. The molecule has 2 aromatic heterocycles. The van der Waals surface area contributed by atoms with Gasteiger partial charge in [-0.15, -0.1) is 0 Å². The molecule has 0 saturated heterocycles. The van der Waals surface area contributed by atoms with Crippen molar-refractivity contribution in [3.05, 3.63) is 65.2 Å². The van der Waals surface area contributed by atoms with Gasteiger partial charge in [-0.2, -0.15) is 10.2 Å². The maximum Gasteiger partial charge on any atom is 0.276 e. The van der Waals surface area contributed by atoms with Crippen molar-refractivity contribution in [1.82, 2.24) is 19.6 Å². The highest BCUT2D eigenvalue weighted by molar-refractivity contribution is 6.02. The third kappa shape index (κ3) is 3.53. The van der Waals surface area contributed by atoms with E-state index in [9.17, 15) is 4.79 Å². The van der Waals surface area contributed by atoms with Crippen molar-refractivity contribution in [3.63, 3.8) is 0 Å². The van der Waals surface area contributed by atoms with Gasteiger partial charge in [0.15, 0.2) is 5.69 Å². The Balaban J connectivity index is 1.67.